The summed E-state index contributed by atoms with van der Waals surface area (Å²) >= 11 is 0. The zero-order valence-corrected chi connectivity index (χ0v) is 23.8. The first-order chi connectivity index (χ1) is 17.7. The number of methoxy groups -OCH3 is 4. The quantitative estimate of drug-likeness (QED) is 0.385. The summed E-state index contributed by atoms with van der Waals surface area (Å²) in [6, 6.07) is 24.0. The summed E-state index contributed by atoms with van der Waals surface area (Å²) in [6.45, 7) is 12.0. The van der Waals surface area contributed by atoms with E-state index >= 15 is 0 Å². The molecule has 38 heavy (non-hydrogen) atoms. The smallest absolute Gasteiger partial charge is 0.104 e. The van der Waals surface area contributed by atoms with Crippen molar-refractivity contribution in [3.05, 3.63) is 72.8 Å². The van der Waals surface area contributed by atoms with Crippen LogP contribution in [0.4, 0.5) is 0 Å². The minimum absolute atomic E-state index is 0. The molecule has 0 amide bonds. The maximum absolute atomic E-state index is 8.80. The molecule has 2 atom stereocenters. The van der Waals surface area contributed by atoms with E-state index in [0.29, 0.717) is 25.4 Å². The van der Waals surface area contributed by atoms with Gasteiger partial charge in [-0.2, -0.15) is 0 Å². The highest BCUT2D eigenvalue weighted by Gasteiger charge is 2.21. The Kier molecular flexibility index (Phi) is 51.2. The zero-order valence-electron chi connectivity index (χ0n) is 23.8. The Morgan fingerprint density at radius 3 is 0.868 bits per heavy atom. The van der Waals surface area contributed by atoms with Gasteiger partial charge < -0.3 is 33.5 Å². The number of aliphatic hydroxyl groups excluding tert-OH is 1. The normalized spacial score (nSPS) is 14.7. The van der Waals surface area contributed by atoms with E-state index in [1.165, 1.54) is 0 Å². The lowest BCUT2D eigenvalue weighted by Gasteiger charge is -2.05. The van der Waals surface area contributed by atoms with Crippen LogP contribution >= 0.6 is 0 Å². The molecule has 0 aliphatic carbocycles. The fourth-order valence-electron chi connectivity index (χ4n) is 1.90. The van der Waals surface area contributed by atoms with Crippen molar-refractivity contribution in [1.82, 2.24) is 0 Å². The van der Waals surface area contributed by atoms with Gasteiger partial charge in [-0.1, -0.05) is 115 Å². The number of hydrogen-bond acceptors (Lipinski definition) is 7. The first-order valence-electron chi connectivity index (χ1n) is 12.5. The molecule has 2 saturated heterocycles. The van der Waals surface area contributed by atoms with Crippen LogP contribution in [0.2, 0.25) is 0 Å². The number of rotatable bonds is 8. The van der Waals surface area contributed by atoms with Crippen LogP contribution in [-0.2, 0) is 28.4 Å². The monoisotopic (exact) mass is 544 g/mol. The second-order valence-electron chi connectivity index (χ2n) is 6.70. The molecule has 7 heteroatoms. The van der Waals surface area contributed by atoms with Crippen LogP contribution in [0.15, 0.2) is 72.8 Å². The summed E-state index contributed by atoms with van der Waals surface area (Å²) in [5.74, 6) is 0. The SMILES string of the molecule is C.C.CC.CC.COCC(O)COC.COCC1CO1.COCC1CO1.c1ccccc1.c1ccccc1. The van der Waals surface area contributed by atoms with Gasteiger partial charge in [-0.05, 0) is 0 Å². The van der Waals surface area contributed by atoms with E-state index in [2.05, 4.69) is 9.47 Å². The second-order valence-corrected chi connectivity index (χ2v) is 6.70. The van der Waals surface area contributed by atoms with Gasteiger partial charge in [0.05, 0.1) is 39.6 Å². The molecule has 0 bridgehead atoms. The highest BCUT2D eigenvalue weighted by molar-refractivity contribution is 4.99. The highest BCUT2D eigenvalue weighted by Crippen LogP contribution is 2.07. The van der Waals surface area contributed by atoms with Crippen molar-refractivity contribution in [2.24, 2.45) is 0 Å². The molecule has 1 N–H and O–H groups in total. The van der Waals surface area contributed by atoms with E-state index in [-0.39, 0.29) is 14.9 Å². The number of benzene rings is 2. The van der Waals surface area contributed by atoms with E-state index in [4.69, 9.17) is 24.1 Å². The van der Waals surface area contributed by atoms with Gasteiger partial charge in [-0.15, -0.1) is 0 Å². The summed E-state index contributed by atoms with van der Waals surface area (Å²) in [5, 5.41) is 8.80. The molecule has 2 aliphatic rings. The Labute approximate surface area is 235 Å². The minimum atomic E-state index is -0.481. The van der Waals surface area contributed by atoms with E-state index in [1.807, 2.05) is 100 Å². The summed E-state index contributed by atoms with van der Waals surface area (Å²) < 4.78 is 28.4. The Bertz CT molecular complexity index is 460. The second kappa shape index (κ2) is 42.3. The van der Waals surface area contributed by atoms with Crippen LogP contribution in [0.3, 0.4) is 0 Å². The van der Waals surface area contributed by atoms with Gasteiger partial charge in [0, 0.05) is 28.4 Å². The van der Waals surface area contributed by atoms with E-state index < -0.39 is 6.10 Å². The molecule has 0 spiro atoms. The lowest BCUT2D eigenvalue weighted by molar-refractivity contribution is 0.00980. The van der Waals surface area contributed by atoms with Crippen LogP contribution in [0, 0.1) is 0 Å². The number of ether oxygens (including phenoxy) is 6. The molecule has 2 unspecified atom stereocenters. The molecule has 226 valence electrons. The maximum atomic E-state index is 8.80. The van der Waals surface area contributed by atoms with Crippen molar-refractivity contribution in [2.75, 3.05) is 68.1 Å². The lowest BCUT2D eigenvalue weighted by atomic mass is 10.4. The standard InChI is InChI=1S/2C6H6.C5H12O3.2C4H8O2.2C2H6.2CH4/c2*1-2-4-6-5-3-1;1-7-3-5(6)4-8-2;2*1-5-2-4-3-6-4;2*1-2;;/h2*1-6H;5-6H,3-4H2,1-2H3;2*4H,2-3H2,1H3;2*1-2H3;2*1H4. The van der Waals surface area contributed by atoms with Crippen LogP contribution in [-0.4, -0.2) is 91.5 Å². The summed E-state index contributed by atoms with van der Waals surface area (Å²) in [4.78, 5) is 0. The average Bonchev–Trinajstić information content (AvgIpc) is 3.88. The maximum Gasteiger partial charge on any atom is 0.104 e. The molecule has 7 nitrogen and oxygen atoms in total. The Balaban J connectivity index is -0.000000114. The molecule has 0 saturated carbocycles. The first kappa shape index (κ1) is 46.0. The molecule has 2 heterocycles. The number of hydrogen-bond donors (Lipinski definition) is 1. The molecule has 2 aromatic rings. The summed E-state index contributed by atoms with van der Waals surface area (Å²) in [6.07, 6.45) is 0.370. The van der Waals surface area contributed by atoms with Gasteiger partial charge in [0.25, 0.3) is 0 Å². The van der Waals surface area contributed by atoms with Crippen molar-refractivity contribution in [3.8, 4) is 0 Å². The van der Waals surface area contributed by atoms with E-state index in [0.717, 1.165) is 26.4 Å². The van der Waals surface area contributed by atoms with Crippen LogP contribution in [0.25, 0.3) is 0 Å². The first-order valence-corrected chi connectivity index (χ1v) is 12.5. The molecule has 0 aromatic heterocycles. The molecule has 2 aliphatic heterocycles. The van der Waals surface area contributed by atoms with Crippen molar-refractivity contribution in [2.45, 2.75) is 60.9 Å². The number of aliphatic hydroxyl groups is 1. The fraction of sp³-hybridized carbons (Fsp3) is 0.613. The van der Waals surface area contributed by atoms with Crippen molar-refractivity contribution in [1.29, 1.82) is 0 Å². The predicted molar refractivity (Wildman–Crippen MR) is 162 cm³/mol. The third-order valence-corrected chi connectivity index (χ3v) is 3.56. The zero-order chi connectivity index (χ0) is 27.7. The highest BCUT2D eigenvalue weighted by atomic mass is 16.6. The van der Waals surface area contributed by atoms with Crippen molar-refractivity contribution >= 4 is 0 Å². The van der Waals surface area contributed by atoms with Gasteiger partial charge in [0.15, 0.2) is 0 Å². The average molecular weight is 545 g/mol. The molecule has 4 rings (SSSR count). The third kappa shape index (κ3) is 47.4. The molecular weight excluding hydrogens is 484 g/mol. The van der Waals surface area contributed by atoms with Gasteiger partial charge in [0.1, 0.15) is 18.3 Å². The molecule has 0 radical (unpaired) electrons. The minimum Gasteiger partial charge on any atom is -0.388 e. The van der Waals surface area contributed by atoms with Crippen LogP contribution < -0.4 is 0 Å². The van der Waals surface area contributed by atoms with Crippen LogP contribution in [0.1, 0.15) is 42.5 Å². The largest absolute Gasteiger partial charge is 0.388 e. The predicted octanol–water partition coefficient (Wildman–Crippen LogP) is 6.40. The van der Waals surface area contributed by atoms with E-state index in [1.54, 1.807) is 28.4 Å². The Hall–Kier alpha value is -1.84. The Morgan fingerprint density at radius 2 is 0.763 bits per heavy atom. The molecule has 2 fully saturated rings. The molecule has 2 aromatic carbocycles. The molecular formula is C31H60O7. The number of epoxide rings is 2. The topological polar surface area (TPSA) is 82.2 Å². The summed E-state index contributed by atoms with van der Waals surface area (Å²) in [7, 11) is 6.45. The lowest BCUT2D eigenvalue weighted by Crippen LogP contribution is -2.19. The third-order valence-electron chi connectivity index (χ3n) is 3.56. The van der Waals surface area contributed by atoms with Gasteiger partial charge in [-0.3, -0.25) is 0 Å². The van der Waals surface area contributed by atoms with Gasteiger partial charge >= 0.3 is 0 Å². The van der Waals surface area contributed by atoms with Crippen molar-refractivity contribution < 1.29 is 33.5 Å². The van der Waals surface area contributed by atoms with Gasteiger partial charge in [0.2, 0.25) is 0 Å². The van der Waals surface area contributed by atoms with Crippen molar-refractivity contribution in [3.63, 3.8) is 0 Å². The van der Waals surface area contributed by atoms with Crippen LogP contribution in [0.5, 0.6) is 0 Å². The van der Waals surface area contributed by atoms with Gasteiger partial charge in [-0.25, -0.2) is 0 Å². The summed E-state index contributed by atoms with van der Waals surface area (Å²) in [5.41, 5.74) is 0. The fourth-order valence-corrected chi connectivity index (χ4v) is 1.90. The Morgan fingerprint density at radius 1 is 0.553 bits per heavy atom. The van der Waals surface area contributed by atoms with E-state index in [9.17, 15) is 0 Å².